The van der Waals surface area contributed by atoms with Gasteiger partial charge >= 0.3 is 5.97 Å². The minimum Gasteiger partial charge on any atom is -0.480 e. The summed E-state index contributed by atoms with van der Waals surface area (Å²) in [5, 5.41) is 9.36. The lowest BCUT2D eigenvalue weighted by atomic mass is 10.1. The summed E-state index contributed by atoms with van der Waals surface area (Å²) < 4.78 is 13.9. The van der Waals surface area contributed by atoms with E-state index < -0.39 is 23.7 Å². The van der Waals surface area contributed by atoms with Crippen molar-refractivity contribution in [1.29, 1.82) is 0 Å². The number of carboxylic acid groups (broad SMARTS) is 1. The number of hydrogen-bond donors (Lipinski definition) is 1. The van der Waals surface area contributed by atoms with E-state index in [1.165, 1.54) is 23.9 Å². The molecule has 2 rings (SSSR count). The van der Waals surface area contributed by atoms with Crippen molar-refractivity contribution in [3.63, 3.8) is 0 Å². The number of halogens is 1. The zero-order chi connectivity index (χ0) is 17.0. The van der Waals surface area contributed by atoms with E-state index >= 15 is 0 Å². The second-order valence-corrected chi connectivity index (χ2v) is 7.37. The van der Waals surface area contributed by atoms with Crippen molar-refractivity contribution >= 4 is 58.0 Å². The van der Waals surface area contributed by atoms with Gasteiger partial charge in [0.1, 0.15) is 16.2 Å². The molecule has 0 spiro atoms. The van der Waals surface area contributed by atoms with E-state index in [1.807, 2.05) is 6.26 Å². The van der Waals surface area contributed by atoms with Crippen molar-refractivity contribution in [3.05, 3.63) is 40.6 Å². The van der Waals surface area contributed by atoms with Gasteiger partial charge in [0.05, 0.1) is 4.91 Å². The normalized spacial score (nSPS) is 17.8. The molecule has 1 atom stereocenters. The number of aliphatic carboxylic acids is 1. The summed E-state index contributed by atoms with van der Waals surface area (Å²) in [6.45, 7) is 0. The van der Waals surface area contributed by atoms with E-state index in [9.17, 15) is 19.1 Å². The van der Waals surface area contributed by atoms with Crippen LogP contribution in [0.3, 0.4) is 0 Å². The number of hydrogen-bond acceptors (Lipinski definition) is 5. The topological polar surface area (TPSA) is 57.6 Å². The van der Waals surface area contributed by atoms with Gasteiger partial charge in [-0.1, -0.05) is 42.2 Å². The van der Waals surface area contributed by atoms with Gasteiger partial charge < -0.3 is 5.11 Å². The first-order chi connectivity index (χ1) is 11.0. The molecule has 122 valence electrons. The van der Waals surface area contributed by atoms with Crippen LogP contribution in [0.1, 0.15) is 12.0 Å². The monoisotopic (exact) mass is 371 g/mol. The zero-order valence-electron chi connectivity index (χ0n) is 12.2. The molecule has 4 nitrogen and oxygen atoms in total. The number of rotatable bonds is 6. The summed E-state index contributed by atoms with van der Waals surface area (Å²) in [4.78, 5) is 25.3. The Kier molecular flexibility index (Phi) is 6.20. The number of carbonyl (C=O) groups excluding carboxylic acids is 1. The van der Waals surface area contributed by atoms with Crippen LogP contribution < -0.4 is 0 Å². The lowest BCUT2D eigenvalue weighted by Gasteiger charge is -2.22. The van der Waals surface area contributed by atoms with Crippen LogP contribution in [0.2, 0.25) is 0 Å². The summed E-state index contributed by atoms with van der Waals surface area (Å²) in [5.41, 5.74) is 0.268. The molecule has 1 fully saturated rings. The Bertz CT molecular complexity index is 678. The second kappa shape index (κ2) is 7.94. The van der Waals surface area contributed by atoms with E-state index in [2.05, 4.69) is 0 Å². The molecule has 0 aromatic heterocycles. The van der Waals surface area contributed by atoms with Crippen molar-refractivity contribution in [1.82, 2.24) is 4.90 Å². The molecular formula is C15H14FNO3S3. The Morgan fingerprint density at radius 2 is 2.22 bits per heavy atom. The summed E-state index contributed by atoms with van der Waals surface area (Å²) in [5.74, 6) is -1.44. The fraction of sp³-hybridized carbons (Fsp3) is 0.267. The van der Waals surface area contributed by atoms with Crippen molar-refractivity contribution in [2.45, 2.75) is 12.5 Å². The van der Waals surface area contributed by atoms with Crippen LogP contribution in [-0.4, -0.2) is 44.3 Å². The summed E-state index contributed by atoms with van der Waals surface area (Å²) in [7, 11) is 0. The van der Waals surface area contributed by atoms with Crippen molar-refractivity contribution in [2.24, 2.45) is 0 Å². The van der Waals surface area contributed by atoms with Gasteiger partial charge in [0.25, 0.3) is 5.91 Å². The van der Waals surface area contributed by atoms with Crippen LogP contribution in [0.4, 0.5) is 4.39 Å². The lowest BCUT2D eigenvalue weighted by Crippen LogP contribution is -2.44. The Morgan fingerprint density at radius 1 is 1.52 bits per heavy atom. The van der Waals surface area contributed by atoms with Crippen molar-refractivity contribution < 1.29 is 19.1 Å². The van der Waals surface area contributed by atoms with Crippen LogP contribution in [0.5, 0.6) is 0 Å². The average molecular weight is 371 g/mol. The molecular weight excluding hydrogens is 357 g/mol. The largest absolute Gasteiger partial charge is 0.480 e. The van der Waals surface area contributed by atoms with Gasteiger partial charge in [-0.3, -0.25) is 9.69 Å². The number of carboxylic acids is 1. The van der Waals surface area contributed by atoms with E-state index in [4.69, 9.17) is 12.2 Å². The number of thiocarbonyl (C=S) groups is 1. The molecule has 1 aliphatic rings. The number of amides is 1. The molecule has 1 aliphatic heterocycles. The number of carbonyl (C=O) groups is 2. The smallest absolute Gasteiger partial charge is 0.326 e. The highest BCUT2D eigenvalue weighted by molar-refractivity contribution is 8.26. The fourth-order valence-electron chi connectivity index (χ4n) is 2.07. The average Bonchev–Trinajstić information content (AvgIpc) is 2.77. The highest BCUT2D eigenvalue weighted by Crippen LogP contribution is 2.35. The quantitative estimate of drug-likeness (QED) is 0.612. The predicted octanol–water partition coefficient (Wildman–Crippen LogP) is 3.23. The predicted molar refractivity (Wildman–Crippen MR) is 95.8 cm³/mol. The maximum Gasteiger partial charge on any atom is 0.326 e. The Labute approximate surface area is 147 Å². The van der Waals surface area contributed by atoms with Gasteiger partial charge in [0.15, 0.2) is 0 Å². The minimum atomic E-state index is -1.09. The van der Waals surface area contributed by atoms with Gasteiger partial charge in [-0.25, -0.2) is 9.18 Å². The molecule has 0 radical (unpaired) electrons. The van der Waals surface area contributed by atoms with Crippen LogP contribution in [-0.2, 0) is 9.59 Å². The van der Waals surface area contributed by atoms with Crippen LogP contribution in [0.25, 0.3) is 6.08 Å². The Hall–Kier alpha value is -1.38. The summed E-state index contributed by atoms with van der Waals surface area (Å²) >= 11 is 7.65. The number of thioether (sulfide) groups is 2. The van der Waals surface area contributed by atoms with Gasteiger partial charge in [-0.2, -0.15) is 11.8 Å². The molecule has 1 aromatic rings. The van der Waals surface area contributed by atoms with E-state index in [1.54, 1.807) is 18.2 Å². The third-order valence-electron chi connectivity index (χ3n) is 3.21. The molecule has 1 aromatic carbocycles. The minimum absolute atomic E-state index is 0.186. The highest BCUT2D eigenvalue weighted by atomic mass is 32.2. The molecule has 8 heteroatoms. The van der Waals surface area contributed by atoms with Gasteiger partial charge in [-0.15, -0.1) is 0 Å². The van der Waals surface area contributed by atoms with E-state index in [-0.39, 0.29) is 14.8 Å². The molecule has 23 heavy (non-hydrogen) atoms. The van der Waals surface area contributed by atoms with Gasteiger partial charge in [-0.05, 0) is 30.6 Å². The first kappa shape index (κ1) is 18.0. The molecule has 1 N–H and O–H groups in total. The van der Waals surface area contributed by atoms with E-state index in [0.717, 1.165) is 16.7 Å². The maximum atomic E-state index is 13.7. The molecule has 1 heterocycles. The molecule has 1 amide bonds. The maximum absolute atomic E-state index is 13.7. The lowest BCUT2D eigenvalue weighted by molar-refractivity contribution is -0.145. The van der Waals surface area contributed by atoms with Crippen molar-refractivity contribution in [3.8, 4) is 0 Å². The summed E-state index contributed by atoms with van der Waals surface area (Å²) in [6.07, 6.45) is 3.57. The van der Waals surface area contributed by atoms with Gasteiger partial charge in [0, 0.05) is 5.56 Å². The molecule has 0 aliphatic carbocycles. The van der Waals surface area contributed by atoms with E-state index in [0.29, 0.717) is 12.2 Å². The first-order valence-electron chi connectivity index (χ1n) is 6.69. The molecule has 0 bridgehead atoms. The standard InChI is InChI=1S/C15H14FNO3S3/c1-22-7-6-11(14(19)20)17-13(18)12(23-15(17)21)8-9-4-2-3-5-10(9)16/h2-5,8,11H,6-7H2,1H3,(H,19,20)/b12-8+/t11-/m1/s1. The van der Waals surface area contributed by atoms with Gasteiger partial charge in [0.2, 0.25) is 0 Å². The molecule has 0 saturated carbocycles. The fourth-order valence-corrected chi connectivity index (χ4v) is 3.88. The Balaban J connectivity index is 2.29. The second-order valence-electron chi connectivity index (χ2n) is 4.71. The number of benzene rings is 1. The third-order valence-corrected chi connectivity index (χ3v) is 5.18. The van der Waals surface area contributed by atoms with Crippen molar-refractivity contribution in [2.75, 3.05) is 12.0 Å². The van der Waals surface area contributed by atoms with Crippen LogP contribution in [0, 0.1) is 5.82 Å². The third kappa shape index (κ3) is 4.13. The first-order valence-corrected chi connectivity index (χ1v) is 9.31. The highest BCUT2D eigenvalue weighted by Gasteiger charge is 2.40. The SMILES string of the molecule is CSCC[C@H](C(=O)O)N1C(=O)/C(=C\c2ccccc2F)SC1=S. The molecule has 1 saturated heterocycles. The number of nitrogens with zero attached hydrogens (tertiary/aromatic N) is 1. The molecule has 0 unspecified atom stereocenters. The zero-order valence-corrected chi connectivity index (χ0v) is 14.6. The van der Waals surface area contributed by atoms with Crippen LogP contribution >= 0.6 is 35.7 Å². The van der Waals surface area contributed by atoms with Crippen LogP contribution in [0.15, 0.2) is 29.2 Å². The Morgan fingerprint density at radius 3 is 2.83 bits per heavy atom. The summed E-state index contributed by atoms with van der Waals surface area (Å²) in [6, 6.07) is 5.06.